The lowest BCUT2D eigenvalue weighted by Gasteiger charge is -2.06. The van der Waals surface area contributed by atoms with Crippen molar-refractivity contribution < 1.29 is 14.5 Å². The van der Waals surface area contributed by atoms with Crippen LogP contribution in [0.15, 0.2) is 36.5 Å². The molecule has 8 nitrogen and oxygen atoms in total. The quantitative estimate of drug-likeness (QED) is 0.461. The van der Waals surface area contributed by atoms with Crippen LogP contribution < -0.4 is 10.1 Å². The SMILES string of the molecule is O=C(CCCOc1ccccc1[N+](=O)[O-])Nc1ccn[nH]1. The molecule has 0 atom stereocenters. The molecule has 0 aliphatic carbocycles. The number of nitro benzene ring substituents is 1. The topological polar surface area (TPSA) is 110 Å². The van der Waals surface area contributed by atoms with Crippen LogP contribution in [0.3, 0.4) is 0 Å². The average molecular weight is 290 g/mol. The Morgan fingerprint density at radius 3 is 2.90 bits per heavy atom. The van der Waals surface area contributed by atoms with Crippen molar-refractivity contribution in [2.75, 3.05) is 11.9 Å². The second-order valence-electron chi connectivity index (χ2n) is 4.20. The minimum atomic E-state index is -0.500. The standard InChI is InChI=1S/C13H14N4O4/c18-13(15-12-7-8-14-16-12)6-3-9-21-11-5-2-1-4-10(11)17(19)20/h1-2,4-5,7-8H,3,6,9H2,(H2,14,15,16,18). The van der Waals surface area contributed by atoms with Crippen molar-refractivity contribution in [2.24, 2.45) is 0 Å². The normalized spacial score (nSPS) is 10.1. The summed E-state index contributed by atoms with van der Waals surface area (Å²) in [7, 11) is 0. The summed E-state index contributed by atoms with van der Waals surface area (Å²) in [6.45, 7) is 0.223. The lowest BCUT2D eigenvalue weighted by Crippen LogP contribution is -2.13. The maximum atomic E-state index is 11.6. The van der Waals surface area contributed by atoms with Crippen LogP contribution in [0.4, 0.5) is 11.5 Å². The molecule has 0 aliphatic rings. The van der Waals surface area contributed by atoms with Crippen LogP contribution in [-0.2, 0) is 4.79 Å². The van der Waals surface area contributed by atoms with Gasteiger partial charge in [0.05, 0.1) is 17.7 Å². The number of aromatic nitrogens is 2. The lowest BCUT2D eigenvalue weighted by molar-refractivity contribution is -0.385. The molecule has 0 fully saturated rings. The van der Waals surface area contributed by atoms with Crippen LogP contribution in [0.2, 0.25) is 0 Å². The molecule has 1 heterocycles. The number of anilines is 1. The highest BCUT2D eigenvalue weighted by atomic mass is 16.6. The summed E-state index contributed by atoms with van der Waals surface area (Å²) in [6.07, 6.45) is 2.24. The number of amides is 1. The zero-order valence-corrected chi connectivity index (χ0v) is 11.1. The number of para-hydroxylation sites is 2. The Kier molecular flexibility index (Phi) is 4.86. The van der Waals surface area contributed by atoms with Crippen LogP contribution in [0.5, 0.6) is 5.75 Å². The van der Waals surface area contributed by atoms with Gasteiger partial charge in [0.2, 0.25) is 5.91 Å². The number of carbonyl (C=O) groups excluding carboxylic acids is 1. The number of hydrogen-bond donors (Lipinski definition) is 2. The number of H-pyrrole nitrogens is 1. The smallest absolute Gasteiger partial charge is 0.310 e. The highest BCUT2D eigenvalue weighted by Crippen LogP contribution is 2.25. The van der Waals surface area contributed by atoms with E-state index in [1.807, 2.05) is 0 Å². The summed E-state index contributed by atoms with van der Waals surface area (Å²) in [4.78, 5) is 21.9. The highest BCUT2D eigenvalue weighted by molar-refractivity contribution is 5.89. The summed E-state index contributed by atoms with van der Waals surface area (Å²) in [6, 6.07) is 7.78. The van der Waals surface area contributed by atoms with Crippen molar-refractivity contribution in [3.05, 3.63) is 46.6 Å². The van der Waals surface area contributed by atoms with Gasteiger partial charge in [-0.05, 0) is 12.5 Å². The van der Waals surface area contributed by atoms with Gasteiger partial charge in [0.15, 0.2) is 5.75 Å². The zero-order valence-electron chi connectivity index (χ0n) is 11.1. The second-order valence-corrected chi connectivity index (χ2v) is 4.20. The molecule has 21 heavy (non-hydrogen) atoms. The van der Waals surface area contributed by atoms with E-state index in [0.29, 0.717) is 12.2 Å². The number of ether oxygens (including phenoxy) is 1. The van der Waals surface area contributed by atoms with Gasteiger partial charge in [0.1, 0.15) is 5.82 Å². The number of aromatic amines is 1. The maximum absolute atomic E-state index is 11.6. The largest absolute Gasteiger partial charge is 0.487 e. The van der Waals surface area contributed by atoms with E-state index in [0.717, 1.165) is 0 Å². The maximum Gasteiger partial charge on any atom is 0.310 e. The Hall–Kier alpha value is -2.90. The molecule has 8 heteroatoms. The van der Waals surface area contributed by atoms with E-state index in [2.05, 4.69) is 15.5 Å². The number of carbonyl (C=O) groups is 1. The summed E-state index contributed by atoms with van der Waals surface area (Å²) >= 11 is 0. The second kappa shape index (κ2) is 7.04. The summed E-state index contributed by atoms with van der Waals surface area (Å²) in [5.74, 6) is 0.557. The predicted molar refractivity (Wildman–Crippen MR) is 75.0 cm³/mol. The van der Waals surface area contributed by atoms with Gasteiger partial charge in [-0.3, -0.25) is 20.0 Å². The van der Waals surface area contributed by atoms with Gasteiger partial charge in [-0.2, -0.15) is 5.10 Å². The van der Waals surface area contributed by atoms with Crippen LogP contribution in [0, 0.1) is 10.1 Å². The number of rotatable bonds is 7. The molecule has 2 aromatic rings. The fraction of sp³-hybridized carbons (Fsp3) is 0.231. The molecule has 2 N–H and O–H groups in total. The molecule has 0 aliphatic heterocycles. The Morgan fingerprint density at radius 1 is 1.38 bits per heavy atom. The molecule has 1 amide bonds. The van der Waals surface area contributed by atoms with Gasteiger partial charge in [-0.15, -0.1) is 0 Å². The minimum absolute atomic E-state index is 0.0839. The first kappa shape index (κ1) is 14.5. The van der Waals surface area contributed by atoms with Gasteiger partial charge in [-0.1, -0.05) is 12.1 Å². The van der Waals surface area contributed by atoms with Crippen molar-refractivity contribution in [3.8, 4) is 5.75 Å². The fourth-order valence-corrected chi connectivity index (χ4v) is 1.68. The van der Waals surface area contributed by atoms with Gasteiger partial charge in [0, 0.05) is 18.6 Å². The van der Waals surface area contributed by atoms with Crippen molar-refractivity contribution in [2.45, 2.75) is 12.8 Å². The van der Waals surface area contributed by atoms with E-state index in [1.54, 1.807) is 18.2 Å². The first-order valence-corrected chi connectivity index (χ1v) is 6.32. The third-order valence-corrected chi connectivity index (χ3v) is 2.64. The molecule has 0 unspecified atom stereocenters. The van der Waals surface area contributed by atoms with E-state index in [1.165, 1.54) is 18.3 Å². The summed E-state index contributed by atoms with van der Waals surface area (Å²) < 4.78 is 5.34. The fourth-order valence-electron chi connectivity index (χ4n) is 1.68. The van der Waals surface area contributed by atoms with Crippen molar-refractivity contribution in [1.82, 2.24) is 10.2 Å². The molecule has 1 aromatic carbocycles. The first-order valence-electron chi connectivity index (χ1n) is 6.32. The third-order valence-electron chi connectivity index (χ3n) is 2.64. The van der Waals surface area contributed by atoms with Crippen molar-refractivity contribution in [1.29, 1.82) is 0 Å². The molecule has 0 saturated heterocycles. The minimum Gasteiger partial charge on any atom is -0.487 e. The van der Waals surface area contributed by atoms with Crippen molar-refractivity contribution >= 4 is 17.4 Å². The molecule has 2 rings (SSSR count). The zero-order chi connectivity index (χ0) is 15.1. The van der Waals surface area contributed by atoms with Crippen LogP contribution >= 0.6 is 0 Å². The van der Waals surface area contributed by atoms with E-state index in [4.69, 9.17) is 4.74 Å². The lowest BCUT2D eigenvalue weighted by atomic mass is 10.3. The van der Waals surface area contributed by atoms with Crippen LogP contribution in [-0.4, -0.2) is 27.6 Å². The molecule has 0 bridgehead atoms. The third kappa shape index (κ3) is 4.30. The Morgan fingerprint density at radius 2 is 2.19 bits per heavy atom. The Balaban J connectivity index is 1.75. The Bertz CT molecular complexity index is 612. The van der Waals surface area contributed by atoms with E-state index >= 15 is 0 Å². The first-order chi connectivity index (χ1) is 10.2. The molecule has 0 spiro atoms. The van der Waals surface area contributed by atoms with E-state index in [9.17, 15) is 14.9 Å². The predicted octanol–water partition coefficient (Wildman–Crippen LogP) is 2.12. The van der Waals surface area contributed by atoms with Crippen LogP contribution in [0.1, 0.15) is 12.8 Å². The Labute approximate surface area is 120 Å². The molecular weight excluding hydrogens is 276 g/mol. The van der Waals surface area contributed by atoms with E-state index in [-0.39, 0.29) is 30.4 Å². The van der Waals surface area contributed by atoms with Gasteiger partial charge in [-0.25, -0.2) is 0 Å². The van der Waals surface area contributed by atoms with Gasteiger partial charge < -0.3 is 10.1 Å². The monoisotopic (exact) mass is 290 g/mol. The summed E-state index contributed by atoms with van der Waals surface area (Å²) in [5.41, 5.74) is -0.0839. The molecule has 1 aromatic heterocycles. The average Bonchev–Trinajstić information content (AvgIpc) is 2.96. The number of benzene rings is 1. The van der Waals surface area contributed by atoms with Gasteiger partial charge >= 0.3 is 5.69 Å². The molecule has 0 saturated carbocycles. The number of hydrogen-bond acceptors (Lipinski definition) is 5. The van der Waals surface area contributed by atoms with Crippen LogP contribution in [0.25, 0.3) is 0 Å². The van der Waals surface area contributed by atoms with Crippen molar-refractivity contribution in [3.63, 3.8) is 0 Å². The molecule has 110 valence electrons. The number of nitrogens with zero attached hydrogens (tertiary/aromatic N) is 2. The number of nitro groups is 1. The number of nitrogens with one attached hydrogen (secondary N) is 2. The van der Waals surface area contributed by atoms with Gasteiger partial charge in [0.25, 0.3) is 0 Å². The summed E-state index contributed by atoms with van der Waals surface area (Å²) in [5, 5.41) is 19.7. The highest BCUT2D eigenvalue weighted by Gasteiger charge is 2.13. The molecule has 0 radical (unpaired) electrons. The molecular formula is C13H14N4O4. The van der Waals surface area contributed by atoms with E-state index < -0.39 is 4.92 Å².